The maximum absolute atomic E-state index is 14.1. The average molecular weight is 512 g/mol. The van der Waals surface area contributed by atoms with Crippen LogP contribution in [0.3, 0.4) is 0 Å². The van der Waals surface area contributed by atoms with Crippen molar-refractivity contribution in [3.05, 3.63) is 70.4 Å². The van der Waals surface area contributed by atoms with Crippen LogP contribution >= 0.6 is 24.0 Å². The molecule has 0 radical (unpaired) electrons. The lowest BCUT2D eigenvalue weighted by atomic mass is 9.95. The number of hydrogen-bond acceptors (Lipinski definition) is 2. The van der Waals surface area contributed by atoms with Gasteiger partial charge in [-0.15, -0.1) is 24.0 Å². The van der Waals surface area contributed by atoms with Crippen LogP contribution in [0.2, 0.25) is 0 Å². The first-order valence-electron chi connectivity index (χ1n) is 10.1. The second kappa shape index (κ2) is 11.3. The maximum Gasteiger partial charge on any atom is 0.250 e. The van der Waals surface area contributed by atoms with Crippen molar-refractivity contribution < 1.29 is 4.39 Å². The number of aliphatic imine (C=N–C) groups is 1. The summed E-state index contributed by atoms with van der Waals surface area (Å²) in [5, 5.41) is 6.60. The Kier molecular flexibility index (Phi) is 9.13. The van der Waals surface area contributed by atoms with Gasteiger partial charge >= 0.3 is 0 Å². The molecule has 29 heavy (non-hydrogen) atoms. The van der Waals surface area contributed by atoms with Crippen molar-refractivity contribution >= 4 is 29.9 Å². The summed E-state index contributed by atoms with van der Waals surface area (Å²) >= 11 is 0. The van der Waals surface area contributed by atoms with E-state index < -0.39 is 0 Å². The second-order valence-corrected chi connectivity index (χ2v) is 7.32. The van der Waals surface area contributed by atoms with Crippen molar-refractivity contribution in [1.82, 2.24) is 15.2 Å². The fourth-order valence-electron chi connectivity index (χ4n) is 3.39. The first kappa shape index (κ1) is 23.4. The van der Waals surface area contributed by atoms with Gasteiger partial charge in [0.1, 0.15) is 5.82 Å². The molecule has 0 spiro atoms. The maximum atomic E-state index is 14.1. The number of rotatable bonds is 9. The van der Waals surface area contributed by atoms with Gasteiger partial charge in [0.05, 0.1) is 6.54 Å². The van der Waals surface area contributed by atoms with E-state index in [1.165, 1.54) is 6.07 Å². The zero-order chi connectivity index (χ0) is 19.8. The number of benzene rings is 1. The lowest BCUT2D eigenvalue weighted by molar-refractivity contribution is 0.570. The van der Waals surface area contributed by atoms with Crippen LogP contribution in [0.1, 0.15) is 38.2 Å². The van der Waals surface area contributed by atoms with Crippen molar-refractivity contribution in [3.8, 4) is 0 Å². The molecule has 1 heterocycles. The van der Waals surface area contributed by atoms with Crippen LogP contribution in [0, 0.1) is 5.82 Å². The predicted molar refractivity (Wildman–Crippen MR) is 127 cm³/mol. The molecule has 158 valence electrons. The van der Waals surface area contributed by atoms with Crippen molar-refractivity contribution in [1.29, 1.82) is 0 Å². The van der Waals surface area contributed by atoms with Gasteiger partial charge in [0, 0.05) is 37.3 Å². The van der Waals surface area contributed by atoms with E-state index in [1.807, 2.05) is 31.3 Å². The summed E-state index contributed by atoms with van der Waals surface area (Å²) in [6, 6.07) is 12.2. The number of guanidine groups is 1. The van der Waals surface area contributed by atoms with E-state index in [1.54, 1.807) is 22.8 Å². The SMILES string of the molecule is CCNC(=NCC1(c2ccccc2F)CC1)NCCCCn1ccccc1=O.I. The summed E-state index contributed by atoms with van der Waals surface area (Å²) in [5.74, 6) is 0.631. The van der Waals surface area contributed by atoms with Crippen molar-refractivity contribution in [2.75, 3.05) is 19.6 Å². The number of aromatic nitrogens is 1. The number of halogens is 2. The van der Waals surface area contributed by atoms with Gasteiger partial charge in [0.25, 0.3) is 0 Å². The molecule has 0 amide bonds. The molecule has 1 aromatic carbocycles. The average Bonchev–Trinajstić information content (AvgIpc) is 3.48. The smallest absolute Gasteiger partial charge is 0.250 e. The molecule has 1 saturated carbocycles. The molecule has 1 fully saturated rings. The quantitative estimate of drug-likeness (QED) is 0.233. The third-order valence-electron chi connectivity index (χ3n) is 5.20. The van der Waals surface area contributed by atoms with Crippen LogP contribution in [0.15, 0.2) is 58.4 Å². The first-order valence-corrected chi connectivity index (χ1v) is 10.1. The number of hydrogen-bond donors (Lipinski definition) is 2. The van der Waals surface area contributed by atoms with Gasteiger partial charge in [0.2, 0.25) is 5.56 Å². The van der Waals surface area contributed by atoms with E-state index in [2.05, 4.69) is 10.6 Å². The molecular weight excluding hydrogens is 482 g/mol. The number of nitrogens with one attached hydrogen (secondary N) is 2. The van der Waals surface area contributed by atoms with E-state index in [9.17, 15) is 9.18 Å². The van der Waals surface area contributed by atoms with Crippen LogP contribution in [-0.4, -0.2) is 30.2 Å². The summed E-state index contributed by atoms with van der Waals surface area (Å²) in [7, 11) is 0. The minimum Gasteiger partial charge on any atom is -0.357 e. The Balaban J connectivity index is 0.00000300. The fourth-order valence-corrected chi connectivity index (χ4v) is 3.39. The first-order chi connectivity index (χ1) is 13.6. The highest BCUT2D eigenvalue weighted by atomic mass is 127. The highest BCUT2D eigenvalue weighted by Crippen LogP contribution is 2.49. The third kappa shape index (κ3) is 6.55. The molecule has 0 atom stereocenters. The lowest BCUT2D eigenvalue weighted by Gasteiger charge is -2.16. The number of unbranched alkanes of at least 4 members (excludes halogenated alkanes) is 1. The van der Waals surface area contributed by atoms with Gasteiger partial charge in [-0.05, 0) is 50.3 Å². The van der Waals surface area contributed by atoms with E-state index in [0.29, 0.717) is 13.1 Å². The summed E-state index contributed by atoms with van der Waals surface area (Å²) in [5.41, 5.74) is 0.665. The Morgan fingerprint density at radius 3 is 2.59 bits per heavy atom. The van der Waals surface area contributed by atoms with E-state index >= 15 is 0 Å². The standard InChI is InChI=1S/C22H29FN4O.HI/c1-2-24-21(25-14-6-8-16-27-15-7-5-11-20(27)28)26-17-22(12-13-22)18-9-3-4-10-19(18)23;/h3-5,7,9-11,15H,2,6,8,12-14,16-17H2,1H3,(H2,24,25,26);1H. The lowest BCUT2D eigenvalue weighted by Crippen LogP contribution is -2.38. The molecule has 1 aromatic heterocycles. The van der Waals surface area contributed by atoms with Gasteiger partial charge in [0.15, 0.2) is 5.96 Å². The van der Waals surface area contributed by atoms with Crippen LogP contribution in [0.5, 0.6) is 0 Å². The largest absolute Gasteiger partial charge is 0.357 e. The Hall–Kier alpha value is -1.90. The molecule has 0 unspecified atom stereocenters. The fraction of sp³-hybridized carbons (Fsp3) is 0.455. The van der Waals surface area contributed by atoms with Crippen LogP contribution in [0.4, 0.5) is 4.39 Å². The minimum atomic E-state index is -0.151. The molecule has 0 bridgehead atoms. The minimum absolute atomic E-state index is 0. The topological polar surface area (TPSA) is 58.4 Å². The van der Waals surface area contributed by atoms with Gasteiger partial charge in [-0.2, -0.15) is 0 Å². The van der Waals surface area contributed by atoms with Crippen LogP contribution in [-0.2, 0) is 12.0 Å². The molecule has 1 aliphatic rings. The van der Waals surface area contributed by atoms with E-state index in [-0.39, 0.29) is 40.8 Å². The van der Waals surface area contributed by atoms with Crippen LogP contribution < -0.4 is 16.2 Å². The highest BCUT2D eigenvalue weighted by Gasteiger charge is 2.45. The normalized spacial score (nSPS) is 14.8. The molecule has 2 N–H and O–H groups in total. The van der Waals surface area contributed by atoms with E-state index in [4.69, 9.17) is 4.99 Å². The molecule has 7 heteroatoms. The summed E-state index contributed by atoms with van der Waals surface area (Å²) < 4.78 is 15.9. The van der Waals surface area contributed by atoms with Gasteiger partial charge in [-0.3, -0.25) is 9.79 Å². The molecule has 3 rings (SSSR count). The Bertz CT molecular complexity index is 864. The number of aryl methyl sites for hydroxylation is 1. The molecule has 0 saturated heterocycles. The number of nitrogens with zero attached hydrogens (tertiary/aromatic N) is 2. The zero-order valence-electron chi connectivity index (χ0n) is 16.9. The Labute approximate surface area is 188 Å². The van der Waals surface area contributed by atoms with Crippen molar-refractivity contribution in [3.63, 3.8) is 0 Å². The zero-order valence-corrected chi connectivity index (χ0v) is 19.2. The van der Waals surface area contributed by atoms with Gasteiger partial charge < -0.3 is 15.2 Å². The summed E-state index contributed by atoms with van der Waals surface area (Å²) in [6.45, 7) is 4.88. The van der Waals surface area contributed by atoms with Crippen molar-refractivity contribution in [2.45, 2.75) is 44.6 Å². The monoisotopic (exact) mass is 512 g/mol. The predicted octanol–water partition coefficient (Wildman–Crippen LogP) is 3.67. The second-order valence-electron chi connectivity index (χ2n) is 7.32. The molecule has 5 nitrogen and oxygen atoms in total. The van der Waals surface area contributed by atoms with Crippen molar-refractivity contribution in [2.24, 2.45) is 4.99 Å². The highest BCUT2D eigenvalue weighted by molar-refractivity contribution is 14.0. The Morgan fingerprint density at radius 1 is 1.14 bits per heavy atom. The van der Waals surface area contributed by atoms with Crippen LogP contribution in [0.25, 0.3) is 0 Å². The number of pyridine rings is 1. The van der Waals surface area contributed by atoms with Gasteiger partial charge in [-0.25, -0.2) is 4.39 Å². The van der Waals surface area contributed by atoms with Gasteiger partial charge in [-0.1, -0.05) is 24.3 Å². The molecule has 2 aromatic rings. The third-order valence-corrected chi connectivity index (χ3v) is 5.20. The molecular formula is C22H30FIN4O. The summed E-state index contributed by atoms with van der Waals surface area (Å²) in [4.78, 5) is 16.4. The van der Waals surface area contributed by atoms with E-state index in [0.717, 1.165) is 50.3 Å². The molecule has 1 aliphatic carbocycles. The summed E-state index contributed by atoms with van der Waals surface area (Å²) in [6.07, 6.45) is 5.62. The Morgan fingerprint density at radius 2 is 1.90 bits per heavy atom. The molecule has 0 aliphatic heterocycles.